The number of rotatable bonds is 5. The number of carboxylic acid groups (broad SMARTS) is 1. The van der Waals surface area contributed by atoms with Gasteiger partial charge in [0.05, 0.1) is 12.5 Å². The van der Waals surface area contributed by atoms with Gasteiger partial charge in [-0.3, -0.25) is 9.69 Å². The molecule has 1 saturated heterocycles. The fourth-order valence-electron chi connectivity index (χ4n) is 2.16. The molecule has 1 heterocycles. The van der Waals surface area contributed by atoms with Crippen LogP contribution in [0.4, 0.5) is 4.79 Å². The molecule has 0 radical (unpaired) electrons. The standard InChI is InChI=1S/C13H25N3O4/c1-13(2)9-16(6-5-15(13)3)12(19)14-8-10(20-4)7-11(17)18/h10H,5-9H2,1-4H3,(H,14,19)(H,17,18). The van der Waals surface area contributed by atoms with Crippen molar-refractivity contribution < 1.29 is 19.4 Å². The Morgan fingerprint density at radius 3 is 2.55 bits per heavy atom. The van der Waals surface area contributed by atoms with Crippen LogP contribution in [-0.4, -0.2) is 78.9 Å². The van der Waals surface area contributed by atoms with E-state index in [-0.39, 0.29) is 24.5 Å². The molecule has 1 atom stereocenters. The first-order valence-corrected chi connectivity index (χ1v) is 6.75. The topological polar surface area (TPSA) is 82.1 Å². The first-order valence-electron chi connectivity index (χ1n) is 6.75. The first kappa shape index (κ1) is 16.7. The Morgan fingerprint density at radius 1 is 1.40 bits per heavy atom. The summed E-state index contributed by atoms with van der Waals surface area (Å²) in [7, 11) is 3.49. The molecule has 1 aliphatic rings. The number of hydrogen-bond donors (Lipinski definition) is 2. The molecule has 0 aromatic rings. The molecular weight excluding hydrogens is 262 g/mol. The number of methoxy groups -OCH3 is 1. The number of amides is 2. The number of piperazine rings is 1. The molecule has 1 rings (SSSR count). The van der Waals surface area contributed by atoms with E-state index in [1.165, 1.54) is 7.11 Å². The molecule has 0 bridgehead atoms. The number of ether oxygens (including phenoxy) is 1. The Bertz CT molecular complexity index is 360. The molecule has 0 aromatic heterocycles. The van der Waals surface area contributed by atoms with Crippen LogP contribution in [0.2, 0.25) is 0 Å². The zero-order valence-corrected chi connectivity index (χ0v) is 12.7. The van der Waals surface area contributed by atoms with Crippen LogP contribution in [0.3, 0.4) is 0 Å². The van der Waals surface area contributed by atoms with E-state index in [2.05, 4.69) is 24.1 Å². The summed E-state index contributed by atoms with van der Waals surface area (Å²) in [6.45, 7) is 6.52. The molecular formula is C13H25N3O4. The second kappa shape index (κ2) is 6.90. The van der Waals surface area contributed by atoms with E-state index in [1.54, 1.807) is 4.90 Å². The summed E-state index contributed by atoms with van der Waals surface area (Å²) >= 11 is 0. The van der Waals surface area contributed by atoms with Crippen LogP contribution in [0.1, 0.15) is 20.3 Å². The first-order chi connectivity index (χ1) is 9.26. The number of urea groups is 1. The fraction of sp³-hybridized carbons (Fsp3) is 0.846. The summed E-state index contributed by atoms with van der Waals surface area (Å²) in [4.78, 5) is 26.7. The summed E-state index contributed by atoms with van der Waals surface area (Å²) in [6, 6.07) is -0.168. The lowest BCUT2D eigenvalue weighted by atomic mass is 10.0. The van der Waals surface area contributed by atoms with Gasteiger partial charge in [0.25, 0.3) is 0 Å². The normalized spacial score (nSPS) is 20.5. The monoisotopic (exact) mass is 287 g/mol. The van der Waals surface area contributed by atoms with Gasteiger partial charge in [-0.05, 0) is 20.9 Å². The van der Waals surface area contributed by atoms with Crippen LogP contribution in [0.25, 0.3) is 0 Å². The Labute approximate surface area is 119 Å². The quantitative estimate of drug-likeness (QED) is 0.755. The van der Waals surface area contributed by atoms with Crippen LogP contribution in [0.15, 0.2) is 0 Å². The zero-order chi connectivity index (χ0) is 15.3. The third kappa shape index (κ3) is 4.64. The number of nitrogens with one attached hydrogen (secondary N) is 1. The lowest BCUT2D eigenvalue weighted by molar-refractivity contribution is -0.139. The molecule has 0 aromatic carbocycles. The van der Waals surface area contributed by atoms with E-state index in [4.69, 9.17) is 9.84 Å². The van der Waals surface area contributed by atoms with Gasteiger partial charge in [0.2, 0.25) is 0 Å². The van der Waals surface area contributed by atoms with Crippen LogP contribution in [0, 0.1) is 0 Å². The van der Waals surface area contributed by atoms with Gasteiger partial charge in [0.15, 0.2) is 0 Å². The summed E-state index contributed by atoms with van der Waals surface area (Å²) in [5.74, 6) is -0.938. The van der Waals surface area contributed by atoms with Crippen molar-refractivity contribution >= 4 is 12.0 Å². The Morgan fingerprint density at radius 2 is 2.05 bits per heavy atom. The minimum atomic E-state index is -0.938. The molecule has 1 unspecified atom stereocenters. The lowest BCUT2D eigenvalue weighted by Crippen LogP contribution is -2.60. The fourth-order valence-corrected chi connectivity index (χ4v) is 2.16. The minimum Gasteiger partial charge on any atom is -0.481 e. The van der Waals surface area contributed by atoms with E-state index in [9.17, 15) is 9.59 Å². The van der Waals surface area contributed by atoms with Crippen LogP contribution >= 0.6 is 0 Å². The average molecular weight is 287 g/mol. The lowest BCUT2D eigenvalue weighted by Gasteiger charge is -2.45. The zero-order valence-electron chi connectivity index (χ0n) is 12.7. The van der Waals surface area contributed by atoms with Crippen molar-refractivity contribution in [3.05, 3.63) is 0 Å². The number of carbonyl (C=O) groups excluding carboxylic acids is 1. The van der Waals surface area contributed by atoms with Gasteiger partial charge in [-0.15, -0.1) is 0 Å². The van der Waals surface area contributed by atoms with Gasteiger partial charge in [-0.1, -0.05) is 0 Å². The second-order valence-electron chi connectivity index (χ2n) is 5.80. The van der Waals surface area contributed by atoms with Crippen LogP contribution in [0.5, 0.6) is 0 Å². The van der Waals surface area contributed by atoms with Gasteiger partial charge in [0.1, 0.15) is 0 Å². The highest BCUT2D eigenvalue weighted by molar-refractivity contribution is 5.74. The molecule has 2 amide bonds. The Hall–Kier alpha value is -1.34. The van der Waals surface area contributed by atoms with E-state index in [0.29, 0.717) is 13.1 Å². The molecule has 7 heteroatoms. The predicted molar refractivity (Wildman–Crippen MR) is 74.7 cm³/mol. The number of nitrogens with zero attached hydrogens (tertiary/aromatic N) is 2. The second-order valence-corrected chi connectivity index (χ2v) is 5.80. The van der Waals surface area contributed by atoms with Gasteiger partial charge < -0.3 is 20.1 Å². The number of carboxylic acids is 1. The summed E-state index contributed by atoms with van der Waals surface area (Å²) in [5, 5.41) is 11.5. The third-order valence-corrected chi connectivity index (χ3v) is 3.82. The molecule has 2 N–H and O–H groups in total. The van der Waals surface area contributed by atoms with E-state index in [1.807, 2.05) is 7.05 Å². The van der Waals surface area contributed by atoms with Crippen molar-refractivity contribution in [2.45, 2.75) is 31.9 Å². The predicted octanol–water partition coefficient (Wildman–Crippen LogP) is 0.212. The molecule has 1 fully saturated rings. The SMILES string of the molecule is COC(CNC(=O)N1CCN(C)C(C)(C)C1)CC(=O)O. The van der Waals surface area contributed by atoms with Gasteiger partial charge in [-0.2, -0.15) is 0 Å². The maximum atomic E-state index is 12.1. The highest BCUT2D eigenvalue weighted by Crippen LogP contribution is 2.18. The van der Waals surface area contributed by atoms with Gasteiger partial charge in [0, 0.05) is 38.8 Å². The molecule has 20 heavy (non-hydrogen) atoms. The van der Waals surface area contributed by atoms with Crippen LogP contribution in [-0.2, 0) is 9.53 Å². The van der Waals surface area contributed by atoms with Crippen molar-refractivity contribution in [3.63, 3.8) is 0 Å². The third-order valence-electron chi connectivity index (χ3n) is 3.82. The number of likely N-dealkylation sites (N-methyl/N-ethyl adjacent to an activating group) is 1. The summed E-state index contributed by atoms with van der Waals surface area (Å²) in [5.41, 5.74) is -0.0582. The van der Waals surface area contributed by atoms with Crippen molar-refractivity contribution in [2.75, 3.05) is 40.3 Å². The summed E-state index contributed by atoms with van der Waals surface area (Å²) in [6.07, 6.45) is -0.623. The van der Waals surface area contributed by atoms with E-state index in [0.717, 1.165) is 6.54 Å². The molecule has 1 aliphatic heterocycles. The molecule has 7 nitrogen and oxygen atoms in total. The smallest absolute Gasteiger partial charge is 0.317 e. The van der Waals surface area contributed by atoms with Crippen molar-refractivity contribution in [1.82, 2.24) is 15.1 Å². The Kier molecular flexibility index (Phi) is 5.76. The summed E-state index contributed by atoms with van der Waals surface area (Å²) < 4.78 is 5.03. The van der Waals surface area contributed by atoms with E-state index < -0.39 is 12.1 Å². The Balaban J connectivity index is 2.45. The highest BCUT2D eigenvalue weighted by Gasteiger charge is 2.33. The van der Waals surface area contributed by atoms with Crippen molar-refractivity contribution in [2.24, 2.45) is 0 Å². The largest absolute Gasteiger partial charge is 0.481 e. The van der Waals surface area contributed by atoms with Gasteiger partial charge >= 0.3 is 12.0 Å². The highest BCUT2D eigenvalue weighted by atomic mass is 16.5. The number of carbonyl (C=O) groups is 2. The van der Waals surface area contributed by atoms with E-state index >= 15 is 0 Å². The van der Waals surface area contributed by atoms with Crippen molar-refractivity contribution in [1.29, 1.82) is 0 Å². The van der Waals surface area contributed by atoms with Gasteiger partial charge in [-0.25, -0.2) is 4.79 Å². The molecule has 0 spiro atoms. The maximum absolute atomic E-state index is 12.1. The van der Waals surface area contributed by atoms with Crippen molar-refractivity contribution in [3.8, 4) is 0 Å². The average Bonchev–Trinajstić information content (AvgIpc) is 2.36. The van der Waals surface area contributed by atoms with Crippen LogP contribution < -0.4 is 5.32 Å². The molecule has 0 aliphatic carbocycles. The maximum Gasteiger partial charge on any atom is 0.317 e. The number of hydrogen-bond acceptors (Lipinski definition) is 4. The molecule has 0 saturated carbocycles. The minimum absolute atomic E-state index is 0.0582. The molecule has 116 valence electrons. The number of aliphatic carboxylic acids is 1.